The second-order valence-corrected chi connectivity index (χ2v) is 10.00. The molecule has 0 saturated carbocycles. The fourth-order valence-electron chi connectivity index (χ4n) is 5.01. The summed E-state index contributed by atoms with van der Waals surface area (Å²) in [6.07, 6.45) is 1.75. The number of carboxylic acids is 1. The Balaban J connectivity index is 1.30. The van der Waals surface area contributed by atoms with E-state index in [9.17, 15) is 14.4 Å². The fourth-order valence-corrected chi connectivity index (χ4v) is 5.16. The Morgan fingerprint density at radius 3 is 2.67 bits per heavy atom. The van der Waals surface area contributed by atoms with E-state index in [2.05, 4.69) is 9.97 Å². The van der Waals surface area contributed by atoms with Gasteiger partial charge in [-0.1, -0.05) is 35.9 Å². The summed E-state index contributed by atoms with van der Waals surface area (Å²) < 4.78 is 22.7. The molecule has 5 rings (SSSR count). The summed E-state index contributed by atoms with van der Waals surface area (Å²) in [6.45, 7) is 2.36. The summed E-state index contributed by atoms with van der Waals surface area (Å²) in [7, 11) is 0. The number of aromatic nitrogens is 3. The number of amides is 1. The molecule has 202 valence electrons. The van der Waals surface area contributed by atoms with Gasteiger partial charge >= 0.3 is 11.7 Å². The number of carbonyl (C=O) groups excluding carboxylic acids is 1. The molecule has 2 aromatic carbocycles. The number of nitrogens with zero attached hydrogens (tertiary/aromatic N) is 3. The van der Waals surface area contributed by atoms with Crippen molar-refractivity contribution in [1.29, 1.82) is 0 Å². The summed E-state index contributed by atoms with van der Waals surface area (Å²) in [5.41, 5.74) is 1.83. The second-order valence-electron chi connectivity index (χ2n) is 9.56. The number of rotatable bonds is 7. The van der Waals surface area contributed by atoms with Gasteiger partial charge in [0.2, 0.25) is 0 Å². The molecule has 1 saturated heterocycles. The maximum absolute atomic E-state index is 15.2. The number of aromatic amines is 1. The predicted molar refractivity (Wildman–Crippen MR) is 144 cm³/mol. The van der Waals surface area contributed by atoms with Crippen LogP contribution in [-0.2, 0) is 4.79 Å². The molecule has 3 heterocycles. The molecule has 1 amide bonds. The van der Waals surface area contributed by atoms with Gasteiger partial charge in [0.25, 0.3) is 5.91 Å². The van der Waals surface area contributed by atoms with Gasteiger partial charge in [-0.25, -0.2) is 14.2 Å². The van der Waals surface area contributed by atoms with E-state index in [0.29, 0.717) is 59.0 Å². The lowest BCUT2D eigenvalue weighted by Crippen LogP contribution is -2.40. The number of halogens is 2. The van der Waals surface area contributed by atoms with Gasteiger partial charge in [0.1, 0.15) is 17.7 Å². The topological polar surface area (TPSA) is 118 Å². The number of H-pyrrole nitrogens is 1. The van der Waals surface area contributed by atoms with Gasteiger partial charge < -0.3 is 14.7 Å². The van der Waals surface area contributed by atoms with Gasteiger partial charge in [-0.05, 0) is 49.6 Å². The summed E-state index contributed by atoms with van der Waals surface area (Å²) in [5.74, 6) is -1.64. The number of pyridine rings is 1. The molecule has 0 radical (unpaired) electrons. The average molecular weight is 553 g/mol. The SMILES string of the molecule is C[C@H](CC(=O)O)Oc1ccccc1-c1ccc(C(=O)N2CCC(n3c(=O)[nH]c4ncc(Cl)cc43)CC2)c(F)c1. The zero-order valence-electron chi connectivity index (χ0n) is 21.1. The van der Waals surface area contributed by atoms with Crippen molar-refractivity contribution in [2.24, 2.45) is 0 Å². The number of likely N-dealkylation sites (tertiary alicyclic amines) is 1. The first kappa shape index (κ1) is 26.4. The van der Waals surface area contributed by atoms with E-state index >= 15 is 4.39 Å². The highest BCUT2D eigenvalue weighted by Gasteiger charge is 2.28. The van der Waals surface area contributed by atoms with Crippen LogP contribution in [0, 0.1) is 5.82 Å². The van der Waals surface area contributed by atoms with Crippen LogP contribution in [0.1, 0.15) is 42.6 Å². The van der Waals surface area contributed by atoms with E-state index in [1.807, 2.05) is 0 Å². The number of hydrogen-bond acceptors (Lipinski definition) is 5. The molecule has 2 aromatic heterocycles. The average Bonchev–Trinajstić information content (AvgIpc) is 3.23. The third kappa shape index (κ3) is 5.51. The van der Waals surface area contributed by atoms with E-state index < -0.39 is 23.8 Å². The van der Waals surface area contributed by atoms with Crippen LogP contribution in [0.4, 0.5) is 4.39 Å². The minimum Gasteiger partial charge on any atom is -0.489 e. The highest BCUT2D eigenvalue weighted by atomic mass is 35.5. The Morgan fingerprint density at radius 1 is 1.21 bits per heavy atom. The molecular formula is C28H26ClFN4O5. The van der Waals surface area contributed by atoms with Crippen molar-refractivity contribution < 1.29 is 23.8 Å². The number of imidazole rings is 1. The Bertz CT molecular complexity index is 1610. The first-order valence-electron chi connectivity index (χ1n) is 12.5. The van der Waals surface area contributed by atoms with Crippen molar-refractivity contribution in [3.63, 3.8) is 0 Å². The highest BCUT2D eigenvalue weighted by Crippen LogP contribution is 2.33. The number of hydrogen-bond donors (Lipinski definition) is 2. The first-order chi connectivity index (χ1) is 18.7. The van der Waals surface area contributed by atoms with Crippen molar-refractivity contribution in [2.45, 2.75) is 38.3 Å². The third-order valence-corrected chi connectivity index (χ3v) is 7.05. The quantitative estimate of drug-likeness (QED) is 0.337. The summed E-state index contributed by atoms with van der Waals surface area (Å²) in [6, 6.07) is 12.9. The number of benzene rings is 2. The van der Waals surface area contributed by atoms with Crippen molar-refractivity contribution in [3.05, 3.63) is 81.6 Å². The van der Waals surface area contributed by atoms with Gasteiger partial charge in [-0.15, -0.1) is 0 Å². The van der Waals surface area contributed by atoms with Crippen molar-refractivity contribution >= 4 is 34.6 Å². The van der Waals surface area contributed by atoms with E-state index in [1.54, 1.807) is 52.8 Å². The van der Waals surface area contributed by atoms with E-state index in [1.165, 1.54) is 18.3 Å². The zero-order valence-corrected chi connectivity index (χ0v) is 21.8. The zero-order chi connectivity index (χ0) is 27.7. The second kappa shape index (κ2) is 10.9. The van der Waals surface area contributed by atoms with Gasteiger partial charge in [0.05, 0.1) is 22.5 Å². The molecule has 11 heteroatoms. The summed E-state index contributed by atoms with van der Waals surface area (Å²) in [4.78, 5) is 45.3. The Morgan fingerprint density at radius 2 is 1.95 bits per heavy atom. The van der Waals surface area contributed by atoms with E-state index in [-0.39, 0.29) is 23.7 Å². The van der Waals surface area contributed by atoms with E-state index in [4.69, 9.17) is 21.4 Å². The minimum absolute atomic E-state index is 0.0462. The third-order valence-electron chi connectivity index (χ3n) is 6.84. The molecular weight excluding hydrogens is 527 g/mol. The highest BCUT2D eigenvalue weighted by molar-refractivity contribution is 6.31. The number of ether oxygens (including phenoxy) is 1. The molecule has 2 N–H and O–H groups in total. The number of para-hydroxylation sites is 1. The minimum atomic E-state index is -0.979. The van der Waals surface area contributed by atoms with Crippen LogP contribution in [0.15, 0.2) is 59.5 Å². The van der Waals surface area contributed by atoms with Crippen LogP contribution in [0.2, 0.25) is 5.02 Å². The lowest BCUT2D eigenvalue weighted by Gasteiger charge is -2.32. The van der Waals surface area contributed by atoms with Gasteiger partial charge in [0, 0.05) is 30.9 Å². The van der Waals surface area contributed by atoms with Crippen molar-refractivity contribution in [1.82, 2.24) is 19.4 Å². The maximum atomic E-state index is 15.2. The molecule has 0 unspecified atom stereocenters. The lowest BCUT2D eigenvalue weighted by atomic mass is 10.0. The van der Waals surface area contributed by atoms with Crippen LogP contribution in [-0.4, -0.2) is 55.6 Å². The number of piperidine rings is 1. The summed E-state index contributed by atoms with van der Waals surface area (Å²) in [5, 5.41) is 9.43. The van der Waals surface area contributed by atoms with Crippen LogP contribution >= 0.6 is 11.6 Å². The molecule has 4 aromatic rings. The maximum Gasteiger partial charge on any atom is 0.327 e. The number of carboxylic acid groups (broad SMARTS) is 1. The molecule has 1 atom stereocenters. The standard InChI is InChI=1S/C28H26ClFN4O5/c1-16(12-25(35)36)39-24-5-3-2-4-20(24)17-6-7-21(22(30)13-17)27(37)33-10-8-19(9-11-33)34-23-14-18(29)15-31-26(23)32-28(34)38/h2-7,13-16,19H,8-12H2,1H3,(H,35,36)(H,31,32,38)/t16-/m1/s1. The van der Waals surface area contributed by atoms with Crippen LogP contribution in [0.3, 0.4) is 0 Å². The van der Waals surface area contributed by atoms with Gasteiger partial charge in [-0.3, -0.25) is 19.1 Å². The number of fused-ring (bicyclic) bond motifs is 1. The van der Waals surface area contributed by atoms with Gasteiger partial charge in [0.15, 0.2) is 5.65 Å². The monoisotopic (exact) mass is 552 g/mol. The largest absolute Gasteiger partial charge is 0.489 e. The molecule has 1 aliphatic heterocycles. The summed E-state index contributed by atoms with van der Waals surface area (Å²) >= 11 is 6.08. The van der Waals surface area contributed by atoms with Crippen LogP contribution in [0.25, 0.3) is 22.3 Å². The Labute approximate surface area is 227 Å². The fraction of sp³-hybridized carbons (Fsp3) is 0.286. The molecule has 1 aliphatic rings. The molecule has 9 nitrogen and oxygen atoms in total. The lowest BCUT2D eigenvalue weighted by molar-refractivity contribution is -0.138. The molecule has 39 heavy (non-hydrogen) atoms. The molecule has 0 spiro atoms. The predicted octanol–water partition coefficient (Wildman–Crippen LogP) is 4.90. The molecule has 0 bridgehead atoms. The van der Waals surface area contributed by atoms with E-state index in [0.717, 1.165) is 0 Å². The Kier molecular flexibility index (Phi) is 7.38. The smallest absolute Gasteiger partial charge is 0.327 e. The van der Waals surface area contributed by atoms with Crippen molar-refractivity contribution in [2.75, 3.05) is 13.1 Å². The van der Waals surface area contributed by atoms with Crippen LogP contribution < -0.4 is 10.4 Å². The number of nitrogens with one attached hydrogen (secondary N) is 1. The van der Waals surface area contributed by atoms with Gasteiger partial charge in [-0.2, -0.15) is 0 Å². The van der Waals surface area contributed by atoms with Crippen LogP contribution in [0.5, 0.6) is 5.75 Å². The molecule has 0 aliphatic carbocycles. The number of aliphatic carboxylic acids is 1. The Hall–Kier alpha value is -4.18. The first-order valence-corrected chi connectivity index (χ1v) is 12.9. The molecule has 1 fully saturated rings. The number of carbonyl (C=O) groups is 2. The van der Waals surface area contributed by atoms with Crippen molar-refractivity contribution in [3.8, 4) is 16.9 Å². The normalized spacial score (nSPS) is 14.9.